The topological polar surface area (TPSA) is 87.9 Å². The van der Waals surface area contributed by atoms with E-state index in [0.717, 1.165) is 13.1 Å². The Labute approximate surface area is 178 Å². The van der Waals surface area contributed by atoms with Crippen molar-refractivity contribution < 1.29 is 18.8 Å². The molecule has 0 unspecified atom stereocenters. The molecule has 8 nitrogen and oxygen atoms in total. The number of carbonyl (C=O) groups is 2. The van der Waals surface area contributed by atoms with Crippen LogP contribution in [0.1, 0.15) is 16.2 Å². The standard InChI is InChI=1S/C19H22Cl2N4O4/c1-13-10-16(23-29-13)19(27)25-8-6-24(7-9-25)5-4-22-18(26)12-28-17-3-2-14(20)11-15(17)21/h2-3,10-11H,4-9,12H2,1H3,(H,22,26). The smallest absolute Gasteiger partial charge is 0.276 e. The van der Waals surface area contributed by atoms with Crippen LogP contribution in [0.3, 0.4) is 0 Å². The summed E-state index contributed by atoms with van der Waals surface area (Å²) in [6.45, 7) is 5.50. The monoisotopic (exact) mass is 440 g/mol. The average molecular weight is 441 g/mol. The molecule has 1 aromatic carbocycles. The number of piperazine rings is 1. The molecule has 2 aromatic rings. The molecule has 29 heavy (non-hydrogen) atoms. The average Bonchev–Trinajstić information content (AvgIpc) is 3.13. The first kappa shape index (κ1) is 21.4. The molecule has 1 aliphatic rings. The molecule has 0 aliphatic carbocycles. The quantitative estimate of drug-likeness (QED) is 0.709. The molecule has 2 heterocycles. The van der Waals surface area contributed by atoms with E-state index in [4.69, 9.17) is 32.5 Å². The molecule has 0 saturated carbocycles. The lowest BCUT2D eigenvalue weighted by Crippen LogP contribution is -2.50. The van der Waals surface area contributed by atoms with Crippen LogP contribution in [0.4, 0.5) is 0 Å². The lowest BCUT2D eigenvalue weighted by molar-refractivity contribution is -0.123. The summed E-state index contributed by atoms with van der Waals surface area (Å²) in [5.41, 5.74) is 0.337. The van der Waals surface area contributed by atoms with Gasteiger partial charge in [-0.05, 0) is 25.1 Å². The maximum atomic E-state index is 12.4. The Hall–Kier alpha value is -2.29. The highest BCUT2D eigenvalue weighted by atomic mass is 35.5. The number of halogens is 2. The minimum atomic E-state index is -0.230. The predicted octanol–water partition coefficient (Wildman–Crippen LogP) is 2.24. The number of amides is 2. The van der Waals surface area contributed by atoms with E-state index in [-0.39, 0.29) is 18.4 Å². The van der Waals surface area contributed by atoms with Gasteiger partial charge in [-0.3, -0.25) is 14.5 Å². The van der Waals surface area contributed by atoms with Gasteiger partial charge in [0.15, 0.2) is 12.3 Å². The third-order valence-corrected chi connectivity index (χ3v) is 5.04. The normalized spacial score (nSPS) is 14.7. The second-order valence-electron chi connectivity index (χ2n) is 6.67. The van der Waals surface area contributed by atoms with Gasteiger partial charge in [-0.2, -0.15) is 0 Å². The van der Waals surface area contributed by atoms with Gasteiger partial charge in [-0.1, -0.05) is 28.4 Å². The Bertz CT molecular complexity index is 866. The van der Waals surface area contributed by atoms with Crippen LogP contribution in [0.25, 0.3) is 0 Å². The summed E-state index contributed by atoms with van der Waals surface area (Å²) in [6, 6.07) is 6.47. The summed E-state index contributed by atoms with van der Waals surface area (Å²) >= 11 is 11.8. The molecule has 3 rings (SSSR count). The van der Waals surface area contributed by atoms with E-state index in [1.807, 2.05) is 0 Å². The lowest BCUT2D eigenvalue weighted by Gasteiger charge is -2.34. The van der Waals surface area contributed by atoms with Crippen molar-refractivity contribution in [3.05, 3.63) is 45.8 Å². The molecule has 2 amide bonds. The Morgan fingerprint density at radius 3 is 2.62 bits per heavy atom. The fraction of sp³-hybridized carbons (Fsp3) is 0.421. The van der Waals surface area contributed by atoms with E-state index in [1.165, 1.54) is 0 Å². The highest BCUT2D eigenvalue weighted by molar-refractivity contribution is 6.35. The number of ether oxygens (including phenoxy) is 1. The zero-order chi connectivity index (χ0) is 20.8. The Kier molecular flexibility index (Phi) is 7.35. The first-order chi connectivity index (χ1) is 13.9. The zero-order valence-corrected chi connectivity index (χ0v) is 17.5. The fourth-order valence-electron chi connectivity index (χ4n) is 2.94. The molecule has 1 N–H and O–H groups in total. The van der Waals surface area contributed by atoms with E-state index in [0.29, 0.717) is 53.4 Å². The van der Waals surface area contributed by atoms with Crippen molar-refractivity contribution in [2.24, 2.45) is 0 Å². The number of aromatic nitrogens is 1. The summed E-state index contributed by atoms with van der Waals surface area (Å²) < 4.78 is 10.4. The number of hydrogen-bond acceptors (Lipinski definition) is 6. The molecular weight excluding hydrogens is 419 g/mol. The third kappa shape index (κ3) is 6.09. The number of nitrogens with zero attached hydrogens (tertiary/aromatic N) is 3. The Morgan fingerprint density at radius 1 is 1.21 bits per heavy atom. The minimum absolute atomic E-state index is 0.118. The second kappa shape index (κ2) is 9.96. The van der Waals surface area contributed by atoms with E-state index < -0.39 is 0 Å². The second-order valence-corrected chi connectivity index (χ2v) is 7.51. The van der Waals surface area contributed by atoms with Crippen LogP contribution in [0.2, 0.25) is 10.0 Å². The number of aryl methyl sites for hydroxylation is 1. The SMILES string of the molecule is Cc1cc(C(=O)N2CCN(CCNC(=O)COc3ccc(Cl)cc3Cl)CC2)no1. The number of carbonyl (C=O) groups excluding carboxylic acids is 2. The minimum Gasteiger partial charge on any atom is -0.482 e. The van der Waals surface area contributed by atoms with Crippen LogP contribution >= 0.6 is 23.2 Å². The number of hydrogen-bond donors (Lipinski definition) is 1. The lowest BCUT2D eigenvalue weighted by atomic mass is 10.2. The van der Waals surface area contributed by atoms with Crippen molar-refractivity contribution in [1.82, 2.24) is 20.3 Å². The molecule has 156 valence electrons. The summed E-state index contributed by atoms with van der Waals surface area (Å²) in [6.07, 6.45) is 0. The summed E-state index contributed by atoms with van der Waals surface area (Å²) in [5.74, 6) is 0.679. The maximum absolute atomic E-state index is 12.4. The van der Waals surface area contributed by atoms with Crippen LogP contribution in [0, 0.1) is 6.92 Å². The molecule has 1 saturated heterocycles. The van der Waals surface area contributed by atoms with Gasteiger partial charge < -0.3 is 19.5 Å². The van der Waals surface area contributed by atoms with Crippen LogP contribution in [-0.4, -0.2) is 72.6 Å². The molecule has 1 fully saturated rings. The Morgan fingerprint density at radius 2 is 1.97 bits per heavy atom. The van der Waals surface area contributed by atoms with Crippen LogP contribution in [0.15, 0.2) is 28.8 Å². The van der Waals surface area contributed by atoms with E-state index in [9.17, 15) is 9.59 Å². The summed E-state index contributed by atoms with van der Waals surface area (Å²) in [7, 11) is 0. The van der Waals surface area contributed by atoms with Gasteiger partial charge in [-0.15, -0.1) is 0 Å². The molecular formula is C19H22Cl2N4O4. The molecule has 0 atom stereocenters. The largest absolute Gasteiger partial charge is 0.482 e. The molecule has 1 aromatic heterocycles. The summed E-state index contributed by atoms with van der Waals surface area (Å²) in [4.78, 5) is 28.2. The van der Waals surface area contributed by atoms with Crippen molar-refractivity contribution in [1.29, 1.82) is 0 Å². The van der Waals surface area contributed by atoms with Gasteiger partial charge in [0.25, 0.3) is 11.8 Å². The zero-order valence-electron chi connectivity index (χ0n) is 16.0. The first-order valence-electron chi connectivity index (χ1n) is 9.22. The molecule has 0 radical (unpaired) electrons. The van der Waals surface area contributed by atoms with Gasteiger partial charge >= 0.3 is 0 Å². The van der Waals surface area contributed by atoms with Crippen molar-refractivity contribution in [2.75, 3.05) is 45.9 Å². The van der Waals surface area contributed by atoms with E-state index in [1.54, 1.807) is 36.1 Å². The number of benzene rings is 1. The maximum Gasteiger partial charge on any atom is 0.276 e. The molecule has 1 aliphatic heterocycles. The third-order valence-electron chi connectivity index (χ3n) is 4.51. The van der Waals surface area contributed by atoms with E-state index in [2.05, 4.69) is 15.4 Å². The Balaban J connectivity index is 1.33. The first-order valence-corrected chi connectivity index (χ1v) is 9.97. The van der Waals surface area contributed by atoms with Crippen LogP contribution in [-0.2, 0) is 4.79 Å². The van der Waals surface area contributed by atoms with E-state index >= 15 is 0 Å². The molecule has 10 heteroatoms. The van der Waals surface area contributed by atoms with Crippen molar-refractivity contribution in [3.8, 4) is 5.75 Å². The van der Waals surface area contributed by atoms with Gasteiger partial charge in [0.05, 0.1) is 5.02 Å². The van der Waals surface area contributed by atoms with Crippen LogP contribution in [0.5, 0.6) is 5.75 Å². The molecule has 0 bridgehead atoms. The van der Waals surface area contributed by atoms with Gasteiger partial charge in [-0.25, -0.2) is 0 Å². The van der Waals surface area contributed by atoms with Gasteiger partial charge in [0.2, 0.25) is 0 Å². The van der Waals surface area contributed by atoms with Crippen molar-refractivity contribution in [2.45, 2.75) is 6.92 Å². The van der Waals surface area contributed by atoms with Crippen molar-refractivity contribution in [3.63, 3.8) is 0 Å². The highest BCUT2D eigenvalue weighted by Crippen LogP contribution is 2.27. The number of rotatable bonds is 7. The highest BCUT2D eigenvalue weighted by Gasteiger charge is 2.24. The van der Waals surface area contributed by atoms with Crippen molar-refractivity contribution >= 4 is 35.0 Å². The van der Waals surface area contributed by atoms with Gasteiger partial charge in [0.1, 0.15) is 11.5 Å². The number of nitrogens with one attached hydrogen (secondary N) is 1. The van der Waals surface area contributed by atoms with Crippen LogP contribution < -0.4 is 10.1 Å². The predicted molar refractivity (Wildman–Crippen MR) is 109 cm³/mol. The van der Waals surface area contributed by atoms with Gasteiger partial charge in [0, 0.05) is 50.4 Å². The molecule has 0 spiro atoms. The summed E-state index contributed by atoms with van der Waals surface area (Å²) in [5, 5.41) is 7.45. The fourth-order valence-corrected chi connectivity index (χ4v) is 3.41.